The summed E-state index contributed by atoms with van der Waals surface area (Å²) in [5, 5.41) is 8.83. The summed E-state index contributed by atoms with van der Waals surface area (Å²) in [4.78, 5) is 24.2. The number of carboxylic acids is 1. The lowest BCUT2D eigenvalue weighted by atomic mass is 10.1. The summed E-state index contributed by atoms with van der Waals surface area (Å²) in [6, 6.07) is 8.62. The summed E-state index contributed by atoms with van der Waals surface area (Å²) in [7, 11) is 1.49. The van der Waals surface area contributed by atoms with Crippen LogP contribution in [0.15, 0.2) is 30.3 Å². The second-order valence-corrected chi connectivity index (χ2v) is 4.44. The molecule has 0 aliphatic carbocycles. The zero-order valence-electron chi connectivity index (χ0n) is 11.5. The van der Waals surface area contributed by atoms with E-state index in [0.717, 1.165) is 5.56 Å². The van der Waals surface area contributed by atoms with Gasteiger partial charge in [-0.15, -0.1) is 0 Å². The molecule has 20 heavy (non-hydrogen) atoms. The third-order valence-corrected chi connectivity index (χ3v) is 2.82. The number of benzene rings is 1. The smallest absolute Gasteiger partial charge is 0.323 e. The van der Waals surface area contributed by atoms with Gasteiger partial charge in [-0.3, -0.25) is 9.59 Å². The minimum Gasteiger partial charge on any atom is -0.480 e. The van der Waals surface area contributed by atoms with Crippen molar-refractivity contribution < 1.29 is 19.4 Å². The van der Waals surface area contributed by atoms with Gasteiger partial charge in [0.1, 0.15) is 6.54 Å². The summed E-state index contributed by atoms with van der Waals surface area (Å²) in [6.45, 7) is 0.117. The molecule has 0 heterocycles. The first-order chi connectivity index (χ1) is 9.54. The Morgan fingerprint density at radius 3 is 2.55 bits per heavy atom. The molecular weight excluding hydrogens is 260 g/mol. The standard InChI is InChI=1S/C14H20N2O4/c1-20-8-7-16(10-13(17)18)14(19)12(15)9-11-5-3-2-4-6-11/h2-6,12H,7-10,15H2,1H3,(H,17,18)/t12-/m1/s1. The van der Waals surface area contributed by atoms with Crippen molar-refractivity contribution in [1.29, 1.82) is 0 Å². The zero-order valence-corrected chi connectivity index (χ0v) is 11.5. The first-order valence-electron chi connectivity index (χ1n) is 6.33. The molecule has 1 aromatic carbocycles. The van der Waals surface area contributed by atoms with Gasteiger partial charge in [-0.1, -0.05) is 30.3 Å². The lowest BCUT2D eigenvalue weighted by Gasteiger charge is -2.23. The lowest BCUT2D eigenvalue weighted by molar-refractivity contribution is -0.145. The number of amides is 1. The minimum atomic E-state index is -1.07. The summed E-state index contributed by atoms with van der Waals surface area (Å²) in [5.41, 5.74) is 6.81. The molecule has 0 radical (unpaired) electrons. The highest BCUT2D eigenvalue weighted by Crippen LogP contribution is 2.04. The largest absolute Gasteiger partial charge is 0.480 e. The maximum atomic E-state index is 12.2. The van der Waals surface area contributed by atoms with Crippen LogP contribution in [0.5, 0.6) is 0 Å². The van der Waals surface area contributed by atoms with Gasteiger partial charge in [-0.2, -0.15) is 0 Å². The minimum absolute atomic E-state index is 0.212. The number of nitrogens with zero attached hydrogens (tertiary/aromatic N) is 1. The van der Waals surface area contributed by atoms with E-state index in [1.807, 2.05) is 30.3 Å². The molecule has 1 amide bonds. The highest BCUT2D eigenvalue weighted by Gasteiger charge is 2.22. The number of carboxylic acid groups (broad SMARTS) is 1. The van der Waals surface area contributed by atoms with Crippen molar-refractivity contribution in [3.8, 4) is 0 Å². The number of nitrogens with two attached hydrogens (primary N) is 1. The molecule has 0 aliphatic rings. The van der Waals surface area contributed by atoms with E-state index in [-0.39, 0.29) is 25.6 Å². The van der Waals surface area contributed by atoms with Crippen LogP contribution in [0.3, 0.4) is 0 Å². The highest BCUT2D eigenvalue weighted by atomic mass is 16.5. The molecule has 6 heteroatoms. The van der Waals surface area contributed by atoms with Crippen molar-refractivity contribution in [2.45, 2.75) is 12.5 Å². The Hall–Kier alpha value is -1.92. The first-order valence-corrected chi connectivity index (χ1v) is 6.33. The van der Waals surface area contributed by atoms with E-state index in [1.165, 1.54) is 12.0 Å². The van der Waals surface area contributed by atoms with E-state index in [9.17, 15) is 9.59 Å². The van der Waals surface area contributed by atoms with Crippen molar-refractivity contribution >= 4 is 11.9 Å². The molecule has 3 N–H and O–H groups in total. The second-order valence-electron chi connectivity index (χ2n) is 4.44. The third kappa shape index (κ3) is 5.38. The fourth-order valence-electron chi connectivity index (χ4n) is 1.82. The fraction of sp³-hybridized carbons (Fsp3) is 0.429. The number of rotatable bonds is 8. The Balaban J connectivity index is 2.64. The summed E-state index contributed by atoms with van der Waals surface area (Å²) >= 11 is 0. The van der Waals surface area contributed by atoms with Gasteiger partial charge in [-0.25, -0.2) is 0 Å². The predicted molar refractivity (Wildman–Crippen MR) is 74.2 cm³/mol. The van der Waals surface area contributed by atoms with Crippen molar-refractivity contribution in [3.05, 3.63) is 35.9 Å². The Morgan fingerprint density at radius 2 is 2.00 bits per heavy atom. The molecule has 0 saturated carbocycles. The average Bonchev–Trinajstić information content (AvgIpc) is 2.43. The number of hydrogen-bond acceptors (Lipinski definition) is 4. The van der Waals surface area contributed by atoms with Crippen LogP contribution in [0.25, 0.3) is 0 Å². The second kappa shape index (κ2) is 8.29. The molecule has 1 atom stereocenters. The van der Waals surface area contributed by atoms with Crippen LogP contribution in [0.2, 0.25) is 0 Å². The highest BCUT2D eigenvalue weighted by molar-refractivity contribution is 5.85. The Kier molecular flexibility index (Phi) is 6.69. The van der Waals surface area contributed by atoms with Gasteiger partial charge in [0.05, 0.1) is 12.6 Å². The summed E-state index contributed by atoms with van der Waals surface area (Å²) in [6.07, 6.45) is 0.378. The van der Waals surface area contributed by atoms with E-state index >= 15 is 0 Å². The van der Waals surface area contributed by atoms with E-state index in [4.69, 9.17) is 15.6 Å². The van der Waals surface area contributed by atoms with Crippen LogP contribution in [0.1, 0.15) is 5.56 Å². The van der Waals surface area contributed by atoms with E-state index in [2.05, 4.69) is 0 Å². The van der Waals surface area contributed by atoms with Crippen LogP contribution in [-0.4, -0.2) is 54.7 Å². The summed E-state index contributed by atoms with van der Waals surface area (Å²) in [5.74, 6) is -1.45. The molecule has 0 saturated heterocycles. The van der Waals surface area contributed by atoms with Crippen molar-refractivity contribution in [1.82, 2.24) is 4.90 Å². The number of carbonyl (C=O) groups excluding carboxylic acids is 1. The van der Waals surface area contributed by atoms with Gasteiger partial charge in [0.25, 0.3) is 0 Å². The summed E-state index contributed by atoms with van der Waals surface area (Å²) < 4.78 is 4.87. The predicted octanol–water partition coefficient (Wildman–Crippen LogP) is 0.116. The lowest BCUT2D eigenvalue weighted by Crippen LogP contribution is -2.48. The molecule has 0 aliphatic heterocycles. The zero-order chi connectivity index (χ0) is 15.0. The van der Waals surface area contributed by atoms with Crippen molar-refractivity contribution in [3.63, 3.8) is 0 Å². The fourth-order valence-corrected chi connectivity index (χ4v) is 1.82. The van der Waals surface area contributed by atoms with Crippen LogP contribution in [-0.2, 0) is 20.7 Å². The van der Waals surface area contributed by atoms with Gasteiger partial charge >= 0.3 is 5.97 Å². The molecule has 0 unspecified atom stereocenters. The Morgan fingerprint density at radius 1 is 1.35 bits per heavy atom. The Bertz CT molecular complexity index is 436. The normalized spacial score (nSPS) is 11.9. The first kappa shape index (κ1) is 16.1. The average molecular weight is 280 g/mol. The number of aliphatic carboxylic acids is 1. The molecule has 0 bridgehead atoms. The monoisotopic (exact) mass is 280 g/mol. The molecule has 0 aromatic heterocycles. The molecule has 1 rings (SSSR count). The number of ether oxygens (including phenoxy) is 1. The molecule has 110 valence electrons. The van der Waals surface area contributed by atoms with Gasteiger partial charge in [-0.05, 0) is 12.0 Å². The third-order valence-electron chi connectivity index (χ3n) is 2.82. The van der Waals surface area contributed by atoms with Gasteiger partial charge in [0.2, 0.25) is 5.91 Å². The van der Waals surface area contributed by atoms with Crippen molar-refractivity contribution in [2.75, 3.05) is 26.8 Å². The van der Waals surface area contributed by atoms with Gasteiger partial charge in [0.15, 0.2) is 0 Å². The van der Waals surface area contributed by atoms with Crippen LogP contribution >= 0.6 is 0 Å². The Labute approximate surface area is 118 Å². The van der Waals surface area contributed by atoms with Crippen LogP contribution < -0.4 is 5.73 Å². The van der Waals surface area contributed by atoms with Gasteiger partial charge in [0, 0.05) is 13.7 Å². The number of methoxy groups -OCH3 is 1. The maximum Gasteiger partial charge on any atom is 0.323 e. The van der Waals surface area contributed by atoms with E-state index in [0.29, 0.717) is 6.42 Å². The van der Waals surface area contributed by atoms with Gasteiger partial charge < -0.3 is 20.5 Å². The maximum absolute atomic E-state index is 12.2. The van der Waals surface area contributed by atoms with E-state index < -0.39 is 12.0 Å². The topological polar surface area (TPSA) is 92.9 Å². The molecule has 6 nitrogen and oxygen atoms in total. The van der Waals surface area contributed by atoms with Crippen molar-refractivity contribution in [2.24, 2.45) is 5.73 Å². The van der Waals surface area contributed by atoms with Crippen LogP contribution in [0, 0.1) is 0 Å². The quantitative estimate of drug-likeness (QED) is 0.705. The van der Waals surface area contributed by atoms with Crippen LogP contribution in [0.4, 0.5) is 0 Å². The number of hydrogen-bond donors (Lipinski definition) is 2. The molecule has 1 aromatic rings. The van der Waals surface area contributed by atoms with E-state index in [1.54, 1.807) is 0 Å². The molecular formula is C14H20N2O4. The number of carbonyl (C=O) groups is 2. The molecule has 0 spiro atoms. The SMILES string of the molecule is COCCN(CC(=O)O)C(=O)[C@H](N)Cc1ccccc1. The molecule has 0 fully saturated rings.